The Morgan fingerprint density at radius 2 is 1.00 bits per heavy atom. The summed E-state index contributed by atoms with van der Waals surface area (Å²) in [5, 5.41) is 8.27. The summed E-state index contributed by atoms with van der Waals surface area (Å²) < 4.78 is 4.70. The van der Waals surface area contributed by atoms with E-state index in [-0.39, 0.29) is 0 Å². The molecule has 0 spiro atoms. The van der Waals surface area contributed by atoms with Crippen molar-refractivity contribution in [3.8, 4) is 45.1 Å². The molecule has 0 bridgehead atoms. The first-order chi connectivity index (χ1) is 28.8. The van der Waals surface area contributed by atoms with Crippen molar-refractivity contribution < 1.29 is 0 Å². The van der Waals surface area contributed by atoms with Gasteiger partial charge in [0.2, 0.25) is 0 Å². The van der Waals surface area contributed by atoms with Crippen LogP contribution < -0.4 is 0 Å². The second-order valence-corrected chi connectivity index (χ2v) is 15.0. The molecule has 3 aromatic heterocycles. The first-order valence-electron chi connectivity index (χ1n) is 19.8. The number of nitrogens with zero attached hydrogens (tertiary/aromatic N) is 4. The molecule has 4 nitrogen and oxygen atoms in total. The molecule has 0 unspecified atom stereocenters. The van der Waals surface area contributed by atoms with Gasteiger partial charge in [-0.1, -0.05) is 164 Å². The van der Waals surface area contributed by atoms with Gasteiger partial charge >= 0.3 is 0 Å². The smallest absolute Gasteiger partial charge is 0.145 e. The summed E-state index contributed by atoms with van der Waals surface area (Å²) >= 11 is 0. The lowest BCUT2D eigenvalue weighted by atomic mass is 9.98. The second kappa shape index (κ2) is 12.9. The highest BCUT2D eigenvalue weighted by Crippen LogP contribution is 2.42. The SMILES string of the molecule is c1ccc(-c2nc3c(ccc4c5cc(-c6ccc(-c7nc8ccccc8n7-c7cccc8ccccc78)cc6)ccc5n(-c5ccccc5)c43)c3ccccc23)cc1. The molecule has 0 N–H and O–H groups in total. The Morgan fingerprint density at radius 3 is 1.84 bits per heavy atom. The minimum Gasteiger partial charge on any atom is -0.307 e. The number of fused-ring (bicyclic) bond motifs is 9. The quantitative estimate of drug-likeness (QED) is 0.165. The van der Waals surface area contributed by atoms with E-state index in [2.05, 4.69) is 215 Å². The van der Waals surface area contributed by atoms with Gasteiger partial charge in [0.1, 0.15) is 5.82 Å². The van der Waals surface area contributed by atoms with Crippen LogP contribution in [0.25, 0.3) is 110 Å². The zero-order valence-electron chi connectivity index (χ0n) is 31.4. The van der Waals surface area contributed by atoms with Crippen LogP contribution in [0.2, 0.25) is 0 Å². The van der Waals surface area contributed by atoms with Gasteiger partial charge in [-0.25, -0.2) is 9.97 Å². The van der Waals surface area contributed by atoms with E-state index in [9.17, 15) is 0 Å². The number of imidazole rings is 1. The molecule has 270 valence electrons. The standard InChI is InChI=1S/C54H34N4/c1-3-15-37(16-4-1)51-43-22-10-9-21-42(43)44-31-32-45-46-34-39(30-33-49(46)57(53(45)52(44)56-51)40-18-5-2-6-19-40)35-26-28-38(29-27-35)54-55-47-23-11-12-24-50(47)58(54)48-25-13-17-36-14-7-8-20-41(36)48/h1-34H. The van der Waals surface area contributed by atoms with Crippen molar-refractivity contribution in [1.82, 2.24) is 19.1 Å². The summed E-state index contributed by atoms with van der Waals surface area (Å²) in [5.74, 6) is 0.923. The van der Waals surface area contributed by atoms with E-state index in [0.29, 0.717) is 0 Å². The lowest BCUT2D eigenvalue weighted by Gasteiger charge is -2.13. The maximum absolute atomic E-state index is 5.53. The van der Waals surface area contributed by atoms with Crippen LogP contribution in [0.3, 0.4) is 0 Å². The molecular formula is C54H34N4. The zero-order valence-corrected chi connectivity index (χ0v) is 31.4. The fourth-order valence-electron chi connectivity index (χ4n) is 9.04. The number of aromatic nitrogens is 4. The Bertz CT molecular complexity index is 3540. The van der Waals surface area contributed by atoms with Gasteiger partial charge in [0, 0.05) is 43.7 Å². The van der Waals surface area contributed by atoms with E-state index in [1.165, 1.54) is 26.9 Å². The van der Waals surface area contributed by atoms with Crippen molar-refractivity contribution in [3.05, 3.63) is 206 Å². The first kappa shape index (κ1) is 32.4. The molecule has 0 aliphatic rings. The largest absolute Gasteiger partial charge is 0.307 e. The third-order valence-corrected chi connectivity index (χ3v) is 11.7. The molecule has 0 aliphatic carbocycles. The van der Waals surface area contributed by atoms with Gasteiger partial charge in [0.15, 0.2) is 0 Å². The third-order valence-electron chi connectivity index (χ3n) is 11.7. The summed E-state index contributed by atoms with van der Waals surface area (Å²) in [5.41, 5.74) is 13.0. The van der Waals surface area contributed by atoms with Crippen LogP contribution >= 0.6 is 0 Å². The van der Waals surface area contributed by atoms with Gasteiger partial charge in [-0.15, -0.1) is 0 Å². The van der Waals surface area contributed by atoms with Gasteiger partial charge in [-0.05, 0) is 64.4 Å². The van der Waals surface area contributed by atoms with E-state index in [4.69, 9.17) is 9.97 Å². The van der Waals surface area contributed by atoms with E-state index >= 15 is 0 Å². The normalized spacial score (nSPS) is 11.8. The van der Waals surface area contributed by atoms with Gasteiger partial charge < -0.3 is 4.57 Å². The molecule has 3 heterocycles. The first-order valence-corrected chi connectivity index (χ1v) is 19.8. The number of hydrogen-bond acceptors (Lipinski definition) is 2. The maximum atomic E-state index is 5.53. The van der Waals surface area contributed by atoms with E-state index < -0.39 is 0 Å². The monoisotopic (exact) mass is 738 g/mol. The van der Waals surface area contributed by atoms with Crippen LogP contribution in [0.5, 0.6) is 0 Å². The topological polar surface area (TPSA) is 35.6 Å². The van der Waals surface area contributed by atoms with Gasteiger partial charge in [-0.2, -0.15) is 0 Å². The molecule has 0 saturated carbocycles. The fraction of sp³-hybridized carbons (Fsp3) is 0. The summed E-state index contributed by atoms with van der Waals surface area (Å²) in [7, 11) is 0. The van der Waals surface area contributed by atoms with Crippen molar-refractivity contribution in [2.24, 2.45) is 0 Å². The van der Waals surface area contributed by atoms with Crippen LogP contribution in [0, 0.1) is 0 Å². The summed E-state index contributed by atoms with van der Waals surface area (Å²) in [6, 6.07) is 73.7. The van der Waals surface area contributed by atoms with Crippen LogP contribution in [0.15, 0.2) is 206 Å². The lowest BCUT2D eigenvalue weighted by molar-refractivity contribution is 1.11. The number of pyridine rings is 1. The van der Waals surface area contributed by atoms with E-state index in [1.54, 1.807) is 0 Å². The molecule has 0 fully saturated rings. The molecule has 0 atom stereocenters. The highest BCUT2D eigenvalue weighted by Gasteiger charge is 2.21. The maximum Gasteiger partial charge on any atom is 0.145 e. The zero-order chi connectivity index (χ0) is 38.2. The van der Waals surface area contributed by atoms with Gasteiger partial charge in [0.05, 0.1) is 39.0 Å². The predicted molar refractivity (Wildman–Crippen MR) is 242 cm³/mol. The molecule has 4 heteroatoms. The average Bonchev–Trinajstić information content (AvgIpc) is 3.85. The van der Waals surface area contributed by atoms with Crippen molar-refractivity contribution >= 4 is 65.3 Å². The number of para-hydroxylation sites is 3. The third kappa shape index (κ3) is 4.95. The molecule has 12 rings (SSSR count). The molecule has 9 aromatic carbocycles. The van der Waals surface area contributed by atoms with Crippen molar-refractivity contribution in [2.75, 3.05) is 0 Å². The fourth-order valence-corrected chi connectivity index (χ4v) is 9.04. The number of hydrogen-bond donors (Lipinski definition) is 0. The molecule has 0 amide bonds. The Balaban J connectivity index is 1.05. The van der Waals surface area contributed by atoms with Crippen molar-refractivity contribution in [1.29, 1.82) is 0 Å². The Labute approximate surface area is 334 Å². The molecular weight excluding hydrogens is 705 g/mol. The van der Waals surface area contributed by atoms with Crippen LogP contribution in [0.1, 0.15) is 0 Å². The molecule has 12 aromatic rings. The van der Waals surface area contributed by atoms with Gasteiger partial charge in [-0.3, -0.25) is 4.57 Å². The Morgan fingerprint density at radius 1 is 0.345 bits per heavy atom. The van der Waals surface area contributed by atoms with Crippen molar-refractivity contribution in [3.63, 3.8) is 0 Å². The minimum atomic E-state index is 0.923. The second-order valence-electron chi connectivity index (χ2n) is 15.0. The highest BCUT2D eigenvalue weighted by molar-refractivity contribution is 6.23. The lowest BCUT2D eigenvalue weighted by Crippen LogP contribution is -1.98. The van der Waals surface area contributed by atoms with Crippen molar-refractivity contribution in [2.45, 2.75) is 0 Å². The van der Waals surface area contributed by atoms with Crippen LogP contribution in [-0.2, 0) is 0 Å². The van der Waals surface area contributed by atoms with Crippen LogP contribution in [-0.4, -0.2) is 19.1 Å². The molecule has 0 aliphatic heterocycles. The average molecular weight is 739 g/mol. The Kier molecular flexibility index (Phi) is 7.20. The van der Waals surface area contributed by atoms with E-state index in [1.807, 2.05) is 0 Å². The summed E-state index contributed by atoms with van der Waals surface area (Å²) in [4.78, 5) is 10.7. The molecule has 0 radical (unpaired) electrons. The summed E-state index contributed by atoms with van der Waals surface area (Å²) in [6.45, 7) is 0. The predicted octanol–water partition coefficient (Wildman–Crippen LogP) is 14.0. The Hall–Kier alpha value is -7.82. The van der Waals surface area contributed by atoms with Gasteiger partial charge in [0.25, 0.3) is 0 Å². The number of benzene rings is 9. The summed E-state index contributed by atoms with van der Waals surface area (Å²) in [6.07, 6.45) is 0. The molecule has 58 heavy (non-hydrogen) atoms. The number of rotatable bonds is 5. The van der Waals surface area contributed by atoms with E-state index in [0.717, 1.165) is 83.5 Å². The molecule has 0 saturated heterocycles. The highest BCUT2D eigenvalue weighted by atomic mass is 15.1. The minimum absolute atomic E-state index is 0.923. The van der Waals surface area contributed by atoms with Crippen LogP contribution in [0.4, 0.5) is 0 Å².